The van der Waals surface area contributed by atoms with Gasteiger partial charge in [-0.2, -0.15) is 0 Å². The molecule has 0 heterocycles. The fourth-order valence-corrected chi connectivity index (χ4v) is 1.53. The van der Waals surface area contributed by atoms with Crippen molar-refractivity contribution < 1.29 is 0 Å². The minimum absolute atomic E-state index is 0.243. The first-order chi connectivity index (χ1) is 5.34. The number of nitrogens with two attached hydrogens (primary N) is 1. The van der Waals surface area contributed by atoms with Crippen molar-refractivity contribution in [2.45, 2.75) is 38.1 Å². The van der Waals surface area contributed by atoms with Gasteiger partial charge in [-0.25, -0.2) is 0 Å². The minimum Gasteiger partial charge on any atom is -0.324 e. The third-order valence-electron chi connectivity index (χ3n) is 2.22. The van der Waals surface area contributed by atoms with Crippen LogP contribution in [0.4, 0.5) is 0 Å². The Labute approximate surface area is 69.0 Å². The van der Waals surface area contributed by atoms with Crippen LogP contribution in [0.2, 0.25) is 0 Å². The monoisotopic (exact) mass is 151 g/mol. The highest BCUT2D eigenvalue weighted by Crippen LogP contribution is 2.20. The molecule has 1 atom stereocenters. The Morgan fingerprint density at radius 3 is 3.00 bits per heavy atom. The fraction of sp³-hybridized carbons (Fsp3) is 0.600. The first-order valence-electron chi connectivity index (χ1n) is 4.40. The summed E-state index contributed by atoms with van der Waals surface area (Å²) < 4.78 is 0. The molecule has 0 radical (unpaired) electrons. The van der Waals surface area contributed by atoms with Gasteiger partial charge in [0, 0.05) is 6.04 Å². The van der Waals surface area contributed by atoms with Crippen molar-refractivity contribution in [2.75, 3.05) is 0 Å². The van der Waals surface area contributed by atoms with E-state index < -0.39 is 0 Å². The lowest BCUT2D eigenvalue weighted by molar-refractivity contribution is 0.636. The molecule has 1 unspecified atom stereocenters. The SMILES string of the molecule is C=CCC(N)C1=CCCCC1. The van der Waals surface area contributed by atoms with Crippen LogP contribution in [0.3, 0.4) is 0 Å². The van der Waals surface area contributed by atoms with Gasteiger partial charge < -0.3 is 5.73 Å². The van der Waals surface area contributed by atoms with Gasteiger partial charge in [-0.1, -0.05) is 17.7 Å². The Kier molecular flexibility index (Phi) is 3.37. The Morgan fingerprint density at radius 2 is 2.45 bits per heavy atom. The molecule has 0 aromatic carbocycles. The van der Waals surface area contributed by atoms with Crippen LogP contribution < -0.4 is 5.73 Å². The summed E-state index contributed by atoms with van der Waals surface area (Å²) in [7, 11) is 0. The van der Waals surface area contributed by atoms with Gasteiger partial charge in [0.2, 0.25) is 0 Å². The largest absolute Gasteiger partial charge is 0.324 e. The Bertz CT molecular complexity index is 158. The quantitative estimate of drug-likeness (QED) is 0.616. The van der Waals surface area contributed by atoms with Gasteiger partial charge in [-0.3, -0.25) is 0 Å². The highest BCUT2D eigenvalue weighted by atomic mass is 14.6. The van der Waals surface area contributed by atoms with Crippen molar-refractivity contribution in [1.82, 2.24) is 0 Å². The molecule has 0 aromatic rings. The van der Waals surface area contributed by atoms with Gasteiger partial charge in [0.25, 0.3) is 0 Å². The maximum atomic E-state index is 5.92. The van der Waals surface area contributed by atoms with E-state index in [1.165, 1.54) is 31.3 Å². The standard InChI is InChI=1S/C10H17N/c1-2-6-10(11)9-7-4-3-5-8-9/h2,7,10H,1,3-6,8,11H2. The molecule has 11 heavy (non-hydrogen) atoms. The molecule has 1 heteroatoms. The number of rotatable bonds is 3. The van der Waals surface area contributed by atoms with Gasteiger partial charge >= 0.3 is 0 Å². The molecule has 0 saturated heterocycles. The van der Waals surface area contributed by atoms with E-state index in [1.807, 2.05) is 6.08 Å². The van der Waals surface area contributed by atoms with Crippen LogP contribution in [0, 0.1) is 0 Å². The minimum atomic E-state index is 0.243. The van der Waals surface area contributed by atoms with Gasteiger partial charge in [0.05, 0.1) is 0 Å². The summed E-state index contributed by atoms with van der Waals surface area (Å²) in [5, 5.41) is 0. The van der Waals surface area contributed by atoms with E-state index >= 15 is 0 Å². The molecule has 1 nitrogen and oxygen atoms in total. The molecular formula is C10H17N. The summed E-state index contributed by atoms with van der Waals surface area (Å²) >= 11 is 0. The van der Waals surface area contributed by atoms with Crippen LogP contribution >= 0.6 is 0 Å². The third-order valence-corrected chi connectivity index (χ3v) is 2.22. The van der Waals surface area contributed by atoms with Crippen molar-refractivity contribution >= 4 is 0 Å². The molecule has 1 rings (SSSR count). The van der Waals surface area contributed by atoms with Crippen LogP contribution in [0.1, 0.15) is 32.1 Å². The summed E-state index contributed by atoms with van der Waals surface area (Å²) in [6, 6.07) is 0.243. The van der Waals surface area contributed by atoms with E-state index in [9.17, 15) is 0 Å². The van der Waals surface area contributed by atoms with E-state index in [4.69, 9.17) is 5.73 Å². The second-order valence-electron chi connectivity index (χ2n) is 3.16. The van der Waals surface area contributed by atoms with E-state index in [2.05, 4.69) is 12.7 Å². The molecule has 0 spiro atoms. The lowest BCUT2D eigenvalue weighted by Gasteiger charge is -2.17. The molecule has 0 aliphatic heterocycles. The van der Waals surface area contributed by atoms with E-state index in [0.29, 0.717) is 0 Å². The molecule has 1 aliphatic carbocycles. The number of hydrogen-bond donors (Lipinski definition) is 1. The highest BCUT2D eigenvalue weighted by molar-refractivity contribution is 5.13. The molecule has 0 aromatic heterocycles. The van der Waals surface area contributed by atoms with Gasteiger partial charge in [0.15, 0.2) is 0 Å². The summed E-state index contributed by atoms with van der Waals surface area (Å²) in [6.07, 6.45) is 10.2. The average molecular weight is 151 g/mol. The predicted octanol–water partition coefficient (Wildman–Crippen LogP) is 2.39. The van der Waals surface area contributed by atoms with E-state index in [0.717, 1.165) is 6.42 Å². The van der Waals surface area contributed by atoms with Crippen LogP contribution in [-0.2, 0) is 0 Å². The van der Waals surface area contributed by atoms with Crippen molar-refractivity contribution in [1.29, 1.82) is 0 Å². The highest BCUT2D eigenvalue weighted by Gasteiger charge is 2.09. The number of hydrogen-bond acceptors (Lipinski definition) is 1. The molecule has 1 aliphatic rings. The maximum absolute atomic E-state index is 5.92. The molecule has 0 fully saturated rings. The Hall–Kier alpha value is -0.560. The second-order valence-corrected chi connectivity index (χ2v) is 3.16. The maximum Gasteiger partial charge on any atom is 0.0288 e. The zero-order valence-corrected chi connectivity index (χ0v) is 7.05. The zero-order valence-electron chi connectivity index (χ0n) is 7.05. The van der Waals surface area contributed by atoms with E-state index in [1.54, 1.807) is 0 Å². The summed E-state index contributed by atoms with van der Waals surface area (Å²) in [4.78, 5) is 0. The van der Waals surface area contributed by atoms with Crippen LogP contribution in [0.25, 0.3) is 0 Å². The Morgan fingerprint density at radius 1 is 1.64 bits per heavy atom. The van der Waals surface area contributed by atoms with Crippen LogP contribution in [0.5, 0.6) is 0 Å². The lowest BCUT2D eigenvalue weighted by Crippen LogP contribution is -2.22. The molecular weight excluding hydrogens is 134 g/mol. The fourth-order valence-electron chi connectivity index (χ4n) is 1.53. The summed E-state index contributed by atoms with van der Waals surface area (Å²) in [5.41, 5.74) is 7.36. The van der Waals surface area contributed by atoms with Crippen molar-refractivity contribution in [3.05, 3.63) is 24.3 Å². The molecule has 2 N–H and O–H groups in total. The van der Waals surface area contributed by atoms with Gasteiger partial charge in [-0.15, -0.1) is 6.58 Å². The first-order valence-corrected chi connectivity index (χ1v) is 4.40. The Balaban J connectivity index is 2.43. The molecule has 0 bridgehead atoms. The van der Waals surface area contributed by atoms with Crippen molar-refractivity contribution in [3.8, 4) is 0 Å². The average Bonchev–Trinajstić information content (AvgIpc) is 2.07. The zero-order chi connectivity index (χ0) is 8.10. The van der Waals surface area contributed by atoms with Crippen LogP contribution in [0.15, 0.2) is 24.3 Å². The second kappa shape index (κ2) is 4.35. The van der Waals surface area contributed by atoms with Crippen LogP contribution in [-0.4, -0.2) is 6.04 Å². The topological polar surface area (TPSA) is 26.0 Å². The van der Waals surface area contributed by atoms with Crippen molar-refractivity contribution in [3.63, 3.8) is 0 Å². The van der Waals surface area contributed by atoms with E-state index in [-0.39, 0.29) is 6.04 Å². The molecule has 0 amide bonds. The lowest BCUT2D eigenvalue weighted by atomic mass is 9.93. The number of allylic oxidation sites excluding steroid dienone is 1. The molecule has 0 saturated carbocycles. The summed E-state index contributed by atoms with van der Waals surface area (Å²) in [6.45, 7) is 3.69. The van der Waals surface area contributed by atoms with Gasteiger partial charge in [0.1, 0.15) is 0 Å². The predicted molar refractivity (Wildman–Crippen MR) is 49.3 cm³/mol. The normalized spacial score (nSPS) is 20.6. The molecule has 62 valence electrons. The first kappa shape index (κ1) is 8.54. The smallest absolute Gasteiger partial charge is 0.0288 e. The van der Waals surface area contributed by atoms with Crippen molar-refractivity contribution in [2.24, 2.45) is 5.73 Å². The summed E-state index contributed by atoms with van der Waals surface area (Å²) in [5.74, 6) is 0. The third kappa shape index (κ3) is 2.51. The van der Waals surface area contributed by atoms with Gasteiger partial charge in [-0.05, 0) is 32.1 Å².